The summed E-state index contributed by atoms with van der Waals surface area (Å²) in [5, 5.41) is 57.2. The lowest BCUT2D eigenvalue weighted by molar-refractivity contribution is -0.305. The SMILES string of the molecule is CCCCCCCC/C=C/CCCCCCCCCCCCCC(=O)OC1C(OCC(NC(=O)C(O)CCCCCCCCCCCCCCCCCCCC)C(O)/C=C/CCCCCCCCCCCCC)OC(CO)C(O)C1O. The summed E-state index contributed by atoms with van der Waals surface area (Å²) in [5.41, 5.74) is 0. The molecule has 11 nitrogen and oxygen atoms in total. The van der Waals surface area contributed by atoms with E-state index in [2.05, 4.69) is 38.2 Å². The van der Waals surface area contributed by atoms with Crippen molar-refractivity contribution in [1.29, 1.82) is 0 Å². The molecule has 1 saturated heterocycles. The molecule has 1 amide bonds. The molecule has 81 heavy (non-hydrogen) atoms. The first-order valence-corrected chi connectivity index (χ1v) is 35.1. The lowest BCUT2D eigenvalue weighted by Gasteiger charge is -2.41. The third-order valence-corrected chi connectivity index (χ3v) is 16.9. The van der Waals surface area contributed by atoms with Gasteiger partial charge >= 0.3 is 5.97 Å². The largest absolute Gasteiger partial charge is 0.454 e. The fourth-order valence-corrected chi connectivity index (χ4v) is 11.3. The van der Waals surface area contributed by atoms with E-state index in [0.717, 1.165) is 57.8 Å². The zero-order chi connectivity index (χ0) is 58.9. The van der Waals surface area contributed by atoms with Gasteiger partial charge in [-0.3, -0.25) is 9.59 Å². The number of amides is 1. The van der Waals surface area contributed by atoms with Gasteiger partial charge in [-0.1, -0.05) is 315 Å². The smallest absolute Gasteiger partial charge is 0.306 e. The van der Waals surface area contributed by atoms with Gasteiger partial charge in [-0.25, -0.2) is 0 Å². The molecule has 0 aromatic heterocycles. The van der Waals surface area contributed by atoms with Gasteiger partial charge in [0.15, 0.2) is 12.4 Å². The van der Waals surface area contributed by atoms with Crippen LogP contribution in [0.1, 0.15) is 348 Å². The first kappa shape index (κ1) is 77.2. The summed E-state index contributed by atoms with van der Waals surface area (Å²) in [7, 11) is 0. The van der Waals surface area contributed by atoms with Crippen molar-refractivity contribution >= 4 is 11.9 Å². The molecule has 0 aliphatic carbocycles. The number of carbonyl (C=O) groups is 2. The summed E-state index contributed by atoms with van der Waals surface area (Å²) in [4.78, 5) is 26.7. The van der Waals surface area contributed by atoms with Crippen molar-refractivity contribution < 1.29 is 49.3 Å². The van der Waals surface area contributed by atoms with Crippen LogP contribution in [0.2, 0.25) is 0 Å². The second-order valence-corrected chi connectivity index (χ2v) is 24.6. The predicted octanol–water partition coefficient (Wildman–Crippen LogP) is 17.6. The molecular formula is C70H133NO10. The van der Waals surface area contributed by atoms with Crippen LogP contribution in [-0.2, 0) is 23.8 Å². The van der Waals surface area contributed by atoms with Crippen LogP contribution in [0, 0.1) is 0 Å². The molecule has 0 bridgehead atoms. The van der Waals surface area contributed by atoms with Crippen molar-refractivity contribution in [2.24, 2.45) is 0 Å². The summed E-state index contributed by atoms with van der Waals surface area (Å²) >= 11 is 0. The summed E-state index contributed by atoms with van der Waals surface area (Å²) < 4.78 is 17.7. The Balaban J connectivity index is 2.60. The Hall–Kier alpha value is -1.86. The summed E-state index contributed by atoms with van der Waals surface area (Å²) in [5.74, 6) is -1.18. The summed E-state index contributed by atoms with van der Waals surface area (Å²) in [6, 6.07) is -1.02. The Morgan fingerprint density at radius 2 is 0.815 bits per heavy atom. The maximum Gasteiger partial charge on any atom is 0.306 e. The second kappa shape index (κ2) is 58.5. The Bertz CT molecular complexity index is 1410. The number of esters is 1. The standard InChI is InChI=1S/C70H133NO10/c1-4-7-10-13-16-19-22-25-27-29-31-32-33-35-37-40-43-46-49-52-55-58-65(75)81-68-67(77)66(76)64(59-72)80-70(68)79-60-61(62(73)56-53-50-47-44-41-38-24-21-18-15-12-9-6-3)71-69(78)63(74)57-54-51-48-45-42-39-36-34-30-28-26-23-20-17-14-11-8-5-2/h25,27,53,56,61-64,66-68,70,72-74,76-77H,4-24,26,28-52,54-55,57-60H2,1-3H3,(H,71,78)/b27-25+,56-53+. The molecule has 8 atom stereocenters. The van der Waals surface area contributed by atoms with Crippen LogP contribution < -0.4 is 5.32 Å². The molecule has 0 radical (unpaired) electrons. The lowest BCUT2D eigenvalue weighted by Crippen LogP contribution is -2.61. The fraction of sp³-hybridized carbons (Fsp3) is 0.914. The van der Waals surface area contributed by atoms with Crippen molar-refractivity contribution in [3.8, 4) is 0 Å². The minimum absolute atomic E-state index is 0.127. The second-order valence-electron chi connectivity index (χ2n) is 24.6. The van der Waals surface area contributed by atoms with Gasteiger partial charge in [0.2, 0.25) is 5.91 Å². The molecule has 1 heterocycles. The highest BCUT2D eigenvalue weighted by Crippen LogP contribution is 2.26. The Kier molecular flexibility index (Phi) is 55.7. The van der Waals surface area contributed by atoms with Gasteiger partial charge in [0, 0.05) is 6.42 Å². The third kappa shape index (κ3) is 46.1. The Morgan fingerprint density at radius 1 is 0.469 bits per heavy atom. The highest BCUT2D eigenvalue weighted by atomic mass is 16.7. The third-order valence-electron chi connectivity index (χ3n) is 16.9. The molecule has 1 aliphatic heterocycles. The van der Waals surface area contributed by atoms with E-state index in [0.29, 0.717) is 19.3 Å². The van der Waals surface area contributed by atoms with E-state index in [1.807, 2.05) is 6.08 Å². The van der Waals surface area contributed by atoms with E-state index in [1.165, 1.54) is 244 Å². The van der Waals surface area contributed by atoms with Crippen LogP contribution in [0.3, 0.4) is 0 Å². The van der Waals surface area contributed by atoms with E-state index in [9.17, 15) is 35.1 Å². The lowest BCUT2D eigenvalue weighted by atomic mass is 9.99. The number of allylic oxidation sites excluding steroid dienone is 3. The van der Waals surface area contributed by atoms with E-state index in [4.69, 9.17) is 14.2 Å². The average Bonchev–Trinajstić information content (AvgIpc) is 3.53. The number of nitrogens with one attached hydrogen (secondary N) is 1. The average molecular weight is 1150 g/mol. The molecule has 0 spiro atoms. The first-order chi connectivity index (χ1) is 39.7. The number of hydrogen-bond acceptors (Lipinski definition) is 10. The Morgan fingerprint density at radius 3 is 1.20 bits per heavy atom. The minimum Gasteiger partial charge on any atom is -0.454 e. The molecular weight excluding hydrogens is 1010 g/mol. The van der Waals surface area contributed by atoms with Gasteiger partial charge in [-0.2, -0.15) is 0 Å². The molecule has 478 valence electrons. The number of carbonyl (C=O) groups excluding carboxylic acids is 2. The van der Waals surface area contributed by atoms with Crippen LogP contribution >= 0.6 is 0 Å². The monoisotopic (exact) mass is 1150 g/mol. The van der Waals surface area contributed by atoms with E-state index in [1.54, 1.807) is 6.08 Å². The molecule has 11 heteroatoms. The zero-order valence-corrected chi connectivity index (χ0v) is 53.2. The summed E-state index contributed by atoms with van der Waals surface area (Å²) in [6.45, 7) is 5.85. The van der Waals surface area contributed by atoms with E-state index >= 15 is 0 Å². The van der Waals surface area contributed by atoms with E-state index in [-0.39, 0.29) is 13.0 Å². The molecule has 1 rings (SSSR count). The zero-order valence-electron chi connectivity index (χ0n) is 53.2. The van der Waals surface area contributed by atoms with E-state index < -0.39 is 67.4 Å². The maximum absolute atomic E-state index is 13.5. The maximum atomic E-state index is 13.5. The topological polar surface area (TPSA) is 175 Å². The van der Waals surface area contributed by atoms with Crippen molar-refractivity contribution in [3.63, 3.8) is 0 Å². The van der Waals surface area contributed by atoms with Gasteiger partial charge in [0.05, 0.1) is 25.4 Å². The van der Waals surface area contributed by atoms with Crippen LogP contribution in [0.25, 0.3) is 0 Å². The van der Waals surface area contributed by atoms with Crippen molar-refractivity contribution in [2.75, 3.05) is 13.2 Å². The van der Waals surface area contributed by atoms with Gasteiger partial charge in [-0.15, -0.1) is 0 Å². The van der Waals surface area contributed by atoms with Crippen molar-refractivity contribution in [2.45, 2.75) is 397 Å². The molecule has 1 fully saturated rings. The van der Waals surface area contributed by atoms with Crippen LogP contribution in [0.5, 0.6) is 0 Å². The van der Waals surface area contributed by atoms with Crippen LogP contribution in [0.4, 0.5) is 0 Å². The number of unbranched alkanes of at least 4 members (excludes halogenated alkanes) is 45. The minimum atomic E-state index is -1.61. The normalized spacial score (nSPS) is 18.7. The number of hydrogen-bond donors (Lipinski definition) is 6. The molecule has 1 aliphatic rings. The first-order valence-electron chi connectivity index (χ1n) is 35.1. The van der Waals surface area contributed by atoms with Gasteiger partial charge < -0.3 is 45.1 Å². The number of aliphatic hydroxyl groups is 5. The number of aliphatic hydroxyl groups excluding tert-OH is 5. The van der Waals surface area contributed by atoms with Crippen molar-refractivity contribution in [1.82, 2.24) is 5.32 Å². The number of ether oxygens (including phenoxy) is 3. The molecule has 0 aromatic carbocycles. The molecule has 0 saturated carbocycles. The molecule has 0 aromatic rings. The van der Waals surface area contributed by atoms with Gasteiger partial charge in [-0.05, 0) is 51.4 Å². The molecule has 8 unspecified atom stereocenters. The van der Waals surface area contributed by atoms with Crippen LogP contribution in [-0.4, -0.2) is 99.6 Å². The summed E-state index contributed by atoms with van der Waals surface area (Å²) in [6.07, 6.45) is 59.3. The highest BCUT2D eigenvalue weighted by Gasteiger charge is 2.47. The predicted molar refractivity (Wildman–Crippen MR) is 338 cm³/mol. The number of rotatable bonds is 61. The van der Waals surface area contributed by atoms with Gasteiger partial charge in [0.25, 0.3) is 0 Å². The highest BCUT2D eigenvalue weighted by molar-refractivity contribution is 5.80. The quantitative estimate of drug-likeness (QED) is 0.0195. The van der Waals surface area contributed by atoms with Gasteiger partial charge in [0.1, 0.15) is 24.4 Å². The Labute approximate surface area is 499 Å². The van der Waals surface area contributed by atoms with Crippen LogP contribution in [0.15, 0.2) is 24.3 Å². The van der Waals surface area contributed by atoms with Crippen molar-refractivity contribution in [3.05, 3.63) is 24.3 Å². The fourth-order valence-electron chi connectivity index (χ4n) is 11.3. The molecule has 6 N–H and O–H groups in total.